The van der Waals surface area contributed by atoms with Gasteiger partial charge in [-0.2, -0.15) is 5.26 Å². The average Bonchev–Trinajstić information content (AvgIpc) is 3.26. The minimum absolute atomic E-state index is 0.0777. The molecule has 1 aliphatic heterocycles. The van der Waals surface area contributed by atoms with Crippen LogP contribution in [0.4, 0.5) is 0 Å². The van der Waals surface area contributed by atoms with Crippen molar-refractivity contribution in [2.45, 2.75) is 13.0 Å². The molecule has 0 fully saturated rings. The minimum atomic E-state index is -0.778. The Labute approximate surface area is 233 Å². The van der Waals surface area contributed by atoms with E-state index in [2.05, 4.69) is 0 Å². The highest BCUT2D eigenvalue weighted by atomic mass is 35.5. The van der Waals surface area contributed by atoms with Gasteiger partial charge in [0.25, 0.3) is 5.56 Å². The zero-order valence-corrected chi connectivity index (χ0v) is 22.4. The zero-order chi connectivity index (χ0) is 27.4. The third kappa shape index (κ3) is 5.41. The maximum absolute atomic E-state index is 13.9. The molecule has 1 aliphatic rings. The van der Waals surface area contributed by atoms with Crippen molar-refractivity contribution >= 4 is 40.7 Å². The van der Waals surface area contributed by atoms with Crippen molar-refractivity contribution in [2.75, 3.05) is 13.2 Å². The van der Waals surface area contributed by atoms with Crippen LogP contribution in [0.15, 0.2) is 94.2 Å². The van der Waals surface area contributed by atoms with E-state index in [0.29, 0.717) is 31.4 Å². The summed E-state index contributed by atoms with van der Waals surface area (Å²) in [6.45, 7) is 1.83. The first kappa shape index (κ1) is 26.2. The number of carbonyl (C=O) groups excluding carboxylic acids is 1. The number of aromatic nitrogens is 1. The number of nitrogens with zero attached hydrogens (tertiary/aromatic N) is 3. The highest BCUT2D eigenvalue weighted by Gasteiger charge is 2.35. The smallest absolute Gasteiger partial charge is 0.338 e. The Bertz CT molecular complexity index is 1780. The number of benzene rings is 3. The van der Waals surface area contributed by atoms with Crippen molar-refractivity contribution in [2.24, 2.45) is 4.99 Å². The largest absolute Gasteiger partial charge is 0.479 e. The number of nitriles is 1. The Kier molecular flexibility index (Phi) is 7.73. The summed E-state index contributed by atoms with van der Waals surface area (Å²) < 4.78 is 12.8. The van der Waals surface area contributed by atoms with Crippen LogP contribution < -0.4 is 19.6 Å². The number of esters is 1. The summed E-state index contributed by atoms with van der Waals surface area (Å²) in [6, 6.07) is 24.7. The van der Waals surface area contributed by atoms with Crippen molar-refractivity contribution in [1.29, 1.82) is 5.26 Å². The highest BCUT2D eigenvalue weighted by molar-refractivity contribution is 7.07. The summed E-state index contributed by atoms with van der Waals surface area (Å²) in [6.07, 6.45) is 1.75. The van der Waals surface area contributed by atoms with Gasteiger partial charge in [-0.25, -0.2) is 9.79 Å². The maximum Gasteiger partial charge on any atom is 0.338 e. The Morgan fingerprint density at radius 1 is 1.13 bits per heavy atom. The molecule has 0 saturated carbocycles. The first-order chi connectivity index (χ1) is 19.0. The topological polar surface area (TPSA) is 93.7 Å². The molecule has 1 aromatic heterocycles. The quantitative estimate of drug-likeness (QED) is 0.313. The summed E-state index contributed by atoms with van der Waals surface area (Å²) in [5.74, 6) is -0.0234. The molecule has 2 heterocycles. The fraction of sp³-hybridized carbons (Fsp3) is 0.133. The number of hydrogen-bond acceptors (Lipinski definition) is 7. The molecule has 39 heavy (non-hydrogen) atoms. The lowest BCUT2D eigenvalue weighted by molar-refractivity contribution is -0.138. The molecule has 9 heteroatoms. The van der Waals surface area contributed by atoms with Crippen molar-refractivity contribution in [3.8, 4) is 11.8 Å². The molecule has 194 valence electrons. The van der Waals surface area contributed by atoms with Crippen LogP contribution in [-0.2, 0) is 9.53 Å². The van der Waals surface area contributed by atoms with Crippen LogP contribution in [-0.4, -0.2) is 23.8 Å². The van der Waals surface area contributed by atoms with E-state index >= 15 is 0 Å². The van der Waals surface area contributed by atoms with E-state index in [1.165, 1.54) is 15.9 Å². The minimum Gasteiger partial charge on any atom is -0.479 e. The Balaban J connectivity index is 1.76. The van der Waals surface area contributed by atoms with Gasteiger partial charge >= 0.3 is 5.97 Å². The van der Waals surface area contributed by atoms with Crippen LogP contribution in [0.25, 0.3) is 11.8 Å². The van der Waals surface area contributed by atoms with Crippen molar-refractivity contribution in [3.63, 3.8) is 0 Å². The van der Waals surface area contributed by atoms with Gasteiger partial charge in [0.15, 0.2) is 11.4 Å². The van der Waals surface area contributed by atoms with Gasteiger partial charge in [0.05, 0.1) is 28.5 Å². The van der Waals surface area contributed by atoms with Crippen LogP contribution in [0.1, 0.15) is 29.7 Å². The van der Waals surface area contributed by atoms with Gasteiger partial charge in [0, 0.05) is 10.6 Å². The molecule has 4 aromatic rings. The van der Waals surface area contributed by atoms with Crippen molar-refractivity contribution < 1.29 is 14.3 Å². The van der Waals surface area contributed by atoms with E-state index in [0.717, 1.165) is 11.1 Å². The Morgan fingerprint density at radius 2 is 1.90 bits per heavy atom. The first-order valence-corrected chi connectivity index (χ1v) is 13.3. The number of thiazole rings is 1. The fourth-order valence-corrected chi connectivity index (χ4v) is 5.49. The number of carbonyl (C=O) groups is 1. The van der Waals surface area contributed by atoms with Gasteiger partial charge < -0.3 is 9.47 Å². The van der Waals surface area contributed by atoms with Crippen LogP contribution >= 0.6 is 22.9 Å². The first-order valence-electron chi connectivity index (χ1n) is 12.1. The number of fused-ring (bicyclic) bond motifs is 1. The van der Waals surface area contributed by atoms with E-state index in [-0.39, 0.29) is 24.3 Å². The molecule has 1 atom stereocenters. The lowest BCUT2D eigenvalue weighted by Gasteiger charge is -2.25. The van der Waals surface area contributed by atoms with Gasteiger partial charge in [-0.15, -0.1) is 0 Å². The molecule has 0 aliphatic carbocycles. The fourth-order valence-electron chi connectivity index (χ4n) is 4.36. The monoisotopic (exact) mass is 555 g/mol. The second kappa shape index (κ2) is 11.5. The summed E-state index contributed by atoms with van der Waals surface area (Å²) in [4.78, 5) is 32.6. The Morgan fingerprint density at radius 3 is 2.62 bits per heavy atom. The molecule has 0 amide bonds. The van der Waals surface area contributed by atoms with Crippen molar-refractivity contribution in [1.82, 2.24) is 4.57 Å². The predicted octanol–water partition coefficient (Wildman–Crippen LogP) is 4.49. The average molecular weight is 556 g/mol. The standard InChI is InChI=1S/C30H22ClN3O4S/c1-2-37-29(36)25-26(20-8-4-3-5-9-20)33-30-34(27(25)21-11-13-22(31)14-12-21)28(35)24(39-30)18-19-7-6-10-23(17-19)38-16-15-32/h3-14,17-18,27H,2,16H2,1H3/b24-18-/t27-/m1/s1. The van der Waals surface area contributed by atoms with Gasteiger partial charge in [-0.3, -0.25) is 9.36 Å². The SMILES string of the molecule is CCOC(=O)C1=C(c2ccccc2)N=c2s/c(=C\c3cccc(OCC#N)c3)c(=O)n2[C@@H]1c1ccc(Cl)cc1. The molecule has 0 bridgehead atoms. The second-order valence-electron chi connectivity index (χ2n) is 8.50. The summed E-state index contributed by atoms with van der Waals surface area (Å²) in [7, 11) is 0. The van der Waals surface area contributed by atoms with Crippen molar-refractivity contribution in [3.05, 3.63) is 126 Å². The summed E-state index contributed by atoms with van der Waals surface area (Å²) >= 11 is 7.40. The second-order valence-corrected chi connectivity index (χ2v) is 9.95. The summed E-state index contributed by atoms with van der Waals surface area (Å²) in [5.41, 5.74) is 2.59. The normalized spacial score (nSPS) is 14.8. The predicted molar refractivity (Wildman–Crippen MR) is 150 cm³/mol. The van der Waals surface area contributed by atoms with Crippen LogP contribution in [0.5, 0.6) is 5.75 Å². The molecule has 5 rings (SSSR count). The molecular formula is C30H22ClN3O4S. The zero-order valence-electron chi connectivity index (χ0n) is 20.8. The molecule has 0 saturated heterocycles. The lowest BCUT2D eigenvalue weighted by Crippen LogP contribution is -2.40. The molecule has 0 spiro atoms. The van der Waals surface area contributed by atoms with E-state index in [9.17, 15) is 9.59 Å². The van der Waals surface area contributed by atoms with Gasteiger partial charge in [-0.1, -0.05) is 77.5 Å². The van der Waals surface area contributed by atoms with Crippen LogP contribution in [0.3, 0.4) is 0 Å². The van der Waals surface area contributed by atoms with Crippen LogP contribution in [0.2, 0.25) is 5.02 Å². The van der Waals surface area contributed by atoms with Gasteiger partial charge in [-0.05, 0) is 48.4 Å². The number of rotatable bonds is 7. The third-order valence-corrected chi connectivity index (χ3v) is 7.25. The number of ether oxygens (including phenoxy) is 2. The van der Waals surface area contributed by atoms with Gasteiger partial charge in [0.2, 0.25) is 0 Å². The summed E-state index contributed by atoms with van der Waals surface area (Å²) in [5, 5.41) is 9.35. The molecule has 0 unspecified atom stereocenters. The molecule has 0 radical (unpaired) electrons. The maximum atomic E-state index is 13.9. The molecule has 3 aromatic carbocycles. The highest BCUT2D eigenvalue weighted by Crippen LogP contribution is 2.35. The number of halogens is 1. The lowest BCUT2D eigenvalue weighted by atomic mass is 9.93. The third-order valence-electron chi connectivity index (χ3n) is 6.02. The molecule has 7 nitrogen and oxygen atoms in total. The Hall–Kier alpha value is -4.45. The molecular weight excluding hydrogens is 534 g/mol. The van der Waals surface area contributed by atoms with Crippen LogP contribution in [0, 0.1) is 11.3 Å². The van der Waals surface area contributed by atoms with E-state index < -0.39 is 12.0 Å². The van der Waals surface area contributed by atoms with E-state index in [1.807, 2.05) is 42.5 Å². The molecule has 0 N–H and O–H groups in total. The van der Waals surface area contributed by atoms with E-state index in [4.69, 9.17) is 31.3 Å². The van der Waals surface area contributed by atoms with E-state index in [1.54, 1.807) is 55.5 Å². The van der Waals surface area contributed by atoms with Gasteiger partial charge in [0.1, 0.15) is 11.8 Å². The number of hydrogen-bond donors (Lipinski definition) is 0.